The van der Waals surface area contributed by atoms with E-state index in [1.54, 1.807) is 16.9 Å². The van der Waals surface area contributed by atoms with E-state index in [0.717, 1.165) is 0 Å². The Bertz CT molecular complexity index is 601. The maximum Gasteiger partial charge on any atom is 0.319 e. The Morgan fingerprint density at radius 2 is 2.18 bits per heavy atom. The summed E-state index contributed by atoms with van der Waals surface area (Å²) in [7, 11) is 0. The average molecular weight is 308 g/mol. The molecule has 2 rings (SSSR count). The summed E-state index contributed by atoms with van der Waals surface area (Å²) < 4.78 is 27.0. The largest absolute Gasteiger partial charge is 0.338 e. The van der Waals surface area contributed by atoms with Crippen LogP contribution in [-0.2, 0) is 6.54 Å². The first kappa shape index (κ1) is 15.9. The van der Waals surface area contributed by atoms with Gasteiger partial charge >= 0.3 is 6.03 Å². The van der Waals surface area contributed by atoms with Crippen LogP contribution in [0.15, 0.2) is 42.7 Å². The number of nitrogens with one attached hydrogen (secondary N) is 2. The lowest BCUT2D eigenvalue weighted by atomic mass is 10.2. The molecule has 1 atom stereocenters. The van der Waals surface area contributed by atoms with Crippen molar-refractivity contribution < 1.29 is 13.6 Å². The highest BCUT2D eigenvalue weighted by Gasteiger charge is 2.09. The molecule has 7 heteroatoms. The molecule has 0 saturated heterocycles. The molecule has 0 aliphatic heterocycles. The third-order valence-corrected chi connectivity index (χ3v) is 3.07. The minimum atomic E-state index is -2.56. The van der Waals surface area contributed by atoms with Crippen LogP contribution < -0.4 is 10.6 Å². The summed E-state index contributed by atoms with van der Waals surface area (Å²) >= 11 is 0. The van der Waals surface area contributed by atoms with E-state index in [2.05, 4.69) is 15.7 Å². The van der Waals surface area contributed by atoms with Gasteiger partial charge in [-0.3, -0.25) is 4.68 Å². The standard InChI is InChI=1S/C15H18F2N4O/c1-11(10-21-7-3-6-19-21)9-18-15(22)20-13-5-2-4-12(8-13)14(16)17/h2-8,11,14H,9-10H2,1H3,(H2,18,20,22)/t11-/m1/s1. The topological polar surface area (TPSA) is 59.0 Å². The lowest BCUT2D eigenvalue weighted by Gasteiger charge is -2.13. The Balaban J connectivity index is 1.79. The van der Waals surface area contributed by atoms with Crippen molar-refractivity contribution in [3.05, 3.63) is 48.3 Å². The number of amides is 2. The number of nitrogens with zero attached hydrogens (tertiary/aromatic N) is 2. The zero-order valence-electron chi connectivity index (χ0n) is 12.2. The van der Waals surface area contributed by atoms with Gasteiger partial charge in [-0.25, -0.2) is 13.6 Å². The third kappa shape index (κ3) is 4.83. The van der Waals surface area contributed by atoms with Crippen LogP contribution in [0.1, 0.15) is 18.9 Å². The van der Waals surface area contributed by atoms with Crippen molar-refractivity contribution in [1.82, 2.24) is 15.1 Å². The van der Waals surface area contributed by atoms with E-state index < -0.39 is 12.5 Å². The molecular formula is C15H18F2N4O. The summed E-state index contributed by atoms with van der Waals surface area (Å²) in [6.07, 6.45) is 0.994. The molecule has 0 saturated carbocycles. The third-order valence-electron chi connectivity index (χ3n) is 3.07. The summed E-state index contributed by atoms with van der Waals surface area (Å²) in [5, 5.41) is 9.35. The van der Waals surface area contributed by atoms with Crippen molar-refractivity contribution in [3.63, 3.8) is 0 Å². The molecule has 2 amide bonds. The Hall–Kier alpha value is -2.44. The van der Waals surface area contributed by atoms with Gasteiger partial charge in [-0.1, -0.05) is 19.1 Å². The molecule has 0 fully saturated rings. The van der Waals surface area contributed by atoms with Gasteiger partial charge in [0.15, 0.2) is 0 Å². The van der Waals surface area contributed by atoms with Gasteiger partial charge in [0.05, 0.1) is 0 Å². The van der Waals surface area contributed by atoms with Crippen LogP contribution in [0.2, 0.25) is 0 Å². The molecule has 1 aromatic carbocycles. The Morgan fingerprint density at radius 3 is 2.86 bits per heavy atom. The normalized spacial score (nSPS) is 12.2. The lowest BCUT2D eigenvalue weighted by molar-refractivity contribution is 0.151. The lowest BCUT2D eigenvalue weighted by Crippen LogP contribution is -2.33. The van der Waals surface area contributed by atoms with E-state index in [0.29, 0.717) is 18.8 Å². The summed E-state index contributed by atoms with van der Waals surface area (Å²) in [5.74, 6) is 0.193. The number of hydrogen-bond donors (Lipinski definition) is 2. The number of urea groups is 1. The van der Waals surface area contributed by atoms with E-state index >= 15 is 0 Å². The molecule has 1 heterocycles. The number of aromatic nitrogens is 2. The molecule has 2 N–H and O–H groups in total. The molecule has 0 unspecified atom stereocenters. The van der Waals surface area contributed by atoms with Gasteiger partial charge < -0.3 is 10.6 Å². The van der Waals surface area contributed by atoms with Crippen molar-refractivity contribution in [3.8, 4) is 0 Å². The van der Waals surface area contributed by atoms with Crippen LogP contribution in [0.4, 0.5) is 19.3 Å². The Kier molecular flexibility index (Phi) is 5.46. The fraction of sp³-hybridized carbons (Fsp3) is 0.333. The quantitative estimate of drug-likeness (QED) is 0.860. The van der Waals surface area contributed by atoms with Gasteiger partial charge in [0.2, 0.25) is 0 Å². The monoisotopic (exact) mass is 308 g/mol. The second-order valence-electron chi connectivity index (χ2n) is 5.09. The maximum atomic E-state index is 12.6. The van der Waals surface area contributed by atoms with E-state index in [9.17, 15) is 13.6 Å². The first-order valence-electron chi connectivity index (χ1n) is 6.95. The number of carbonyl (C=O) groups is 1. The van der Waals surface area contributed by atoms with Crippen molar-refractivity contribution in [2.45, 2.75) is 19.9 Å². The Morgan fingerprint density at radius 1 is 1.36 bits per heavy atom. The zero-order valence-corrected chi connectivity index (χ0v) is 12.2. The van der Waals surface area contributed by atoms with Gasteiger partial charge in [0, 0.05) is 36.7 Å². The second kappa shape index (κ2) is 7.53. The minimum absolute atomic E-state index is 0.121. The van der Waals surface area contributed by atoms with Gasteiger partial charge in [-0.2, -0.15) is 5.10 Å². The molecular weight excluding hydrogens is 290 g/mol. The number of hydrogen-bond acceptors (Lipinski definition) is 2. The highest BCUT2D eigenvalue weighted by Crippen LogP contribution is 2.21. The van der Waals surface area contributed by atoms with Gasteiger partial charge in [-0.05, 0) is 24.1 Å². The molecule has 2 aromatic rings. The van der Waals surface area contributed by atoms with Crippen LogP contribution in [0.5, 0.6) is 0 Å². The van der Waals surface area contributed by atoms with Crippen LogP contribution in [0, 0.1) is 5.92 Å². The number of rotatable bonds is 6. The maximum absolute atomic E-state index is 12.6. The van der Waals surface area contributed by atoms with Crippen LogP contribution in [0.25, 0.3) is 0 Å². The second-order valence-corrected chi connectivity index (χ2v) is 5.09. The molecule has 0 bridgehead atoms. The van der Waals surface area contributed by atoms with E-state index in [4.69, 9.17) is 0 Å². The molecule has 1 aromatic heterocycles. The van der Waals surface area contributed by atoms with E-state index in [1.807, 2.05) is 19.2 Å². The summed E-state index contributed by atoms with van der Waals surface area (Å²) in [6, 6.07) is 7.05. The van der Waals surface area contributed by atoms with Gasteiger partial charge in [-0.15, -0.1) is 0 Å². The van der Waals surface area contributed by atoms with Crippen molar-refractivity contribution in [2.75, 3.05) is 11.9 Å². The smallest absolute Gasteiger partial charge is 0.319 e. The number of alkyl halides is 2. The molecule has 0 radical (unpaired) electrons. The summed E-state index contributed by atoms with van der Waals surface area (Å²) in [5.41, 5.74) is 0.222. The molecule has 0 spiro atoms. The first-order valence-corrected chi connectivity index (χ1v) is 6.95. The molecule has 22 heavy (non-hydrogen) atoms. The number of carbonyl (C=O) groups excluding carboxylic acids is 1. The van der Waals surface area contributed by atoms with Crippen LogP contribution in [0.3, 0.4) is 0 Å². The summed E-state index contributed by atoms with van der Waals surface area (Å²) in [6.45, 7) is 3.13. The zero-order chi connectivity index (χ0) is 15.9. The van der Waals surface area contributed by atoms with Crippen LogP contribution in [-0.4, -0.2) is 22.4 Å². The van der Waals surface area contributed by atoms with Gasteiger partial charge in [0.25, 0.3) is 6.43 Å². The summed E-state index contributed by atoms with van der Waals surface area (Å²) in [4.78, 5) is 11.8. The minimum Gasteiger partial charge on any atom is -0.338 e. The highest BCUT2D eigenvalue weighted by atomic mass is 19.3. The molecule has 0 aliphatic carbocycles. The molecule has 5 nitrogen and oxygen atoms in total. The number of anilines is 1. The average Bonchev–Trinajstić information content (AvgIpc) is 2.98. The molecule has 0 aliphatic rings. The SMILES string of the molecule is C[C@H](CNC(=O)Nc1cccc(C(F)F)c1)Cn1cccn1. The first-order chi connectivity index (χ1) is 10.5. The van der Waals surface area contributed by atoms with E-state index in [1.165, 1.54) is 18.2 Å². The van der Waals surface area contributed by atoms with Crippen molar-refractivity contribution >= 4 is 11.7 Å². The van der Waals surface area contributed by atoms with Crippen molar-refractivity contribution in [2.24, 2.45) is 5.92 Å². The van der Waals surface area contributed by atoms with E-state index in [-0.39, 0.29) is 11.5 Å². The fourth-order valence-corrected chi connectivity index (χ4v) is 1.99. The van der Waals surface area contributed by atoms with Crippen LogP contribution >= 0.6 is 0 Å². The predicted octanol–water partition coefficient (Wildman–Crippen LogP) is 3.28. The van der Waals surface area contributed by atoms with Gasteiger partial charge in [0.1, 0.15) is 0 Å². The number of benzene rings is 1. The predicted molar refractivity (Wildman–Crippen MR) is 79.8 cm³/mol. The number of halogens is 2. The highest BCUT2D eigenvalue weighted by molar-refractivity contribution is 5.89. The molecule has 118 valence electrons. The fourth-order valence-electron chi connectivity index (χ4n) is 1.99. The Labute approximate surface area is 127 Å². The van der Waals surface area contributed by atoms with Crippen molar-refractivity contribution in [1.29, 1.82) is 0 Å².